The molecule has 1 aliphatic heterocycles. The minimum atomic E-state index is 0.118. The van der Waals surface area contributed by atoms with Gasteiger partial charge in [-0.2, -0.15) is 0 Å². The number of ether oxygens (including phenoxy) is 1. The number of hydrogen-bond acceptors (Lipinski definition) is 5. The molecule has 0 aliphatic carbocycles. The van der Waals surface area contributed by atoms with Gasteiger partial charge in [-0.05, 0) is 47.0 Å². The highest BCUT2D eigenvalue weighted by molar-refractivity contribution is 5.38. The minimum absolute atomic E-state index is 0.118. The summed E-state index contributed by atoms with van der Waals surface area (Å²) in [4.78, 5) is 8.51. The van der Waals surface area contributed by atoms with Crippen LogP contribution in [0.15, 0.2) is 12.4 Å². The molecule has 5 heteroatoms. The van der Waals surface area contributed by atoms with E-state index >= 15 is 0 Å². The second-order valence-corrected chi connectivity index (χ2v) is 7.59. The Kier molecular flexibility index (Phi) is 5.27. The van der Waals surface area contributed by atoms with Crippen molar-refractivity contribution in [1.82, 2.24) is 15.3 Å². The summed E-state index contributed by atoms with van der Waals surface area (Å²) in [6.45, 7) is 11.9. The third kappa shape index (κ3) is 5.13. The Bertz CT molecular complexity index is 471. The summed E-state index contributed by atoms with van der Waals surface area (Å²) in [5.41, 5.74) is 0.236. The quantitative estimate of drug-likeness (QED) is 0.789. The van der Waals surface area contributed by atoms with Crippen LogP contribution in [0.25, 0.3) is 0 Å². The Labute approximate surface area is 134 Å². The molecule has 1 aromatic rings. The molecule has 1 saturated heterocycles. The lowest BCUT2D eigenvalue weighted by atomic mass is 9.79. The van der Waals surface area contributed by atoms with E-state index in [4.69, 9.17) is 4.74 Å². The van der Waals surface area contributed by atoms with Crippen molar-refractivity contribution in [2.24, 2.45) is 0 Å². The fraction of sp³-hybridized carbons (Fsp3) is 0.765. The van der Waals surface area contributed by atoms with Gasteiger partial charge in [0.05, 0.1) is 6.61 Å². The smallest absolute Gasteiger partial charge is 0.218 e. The number of anilines is 1. The average Bonchev–Trinajstić information content (AvgIpc) is 2.35. The van der Waals surface area contributed by atoms with Crippen LogP contribution in [-0.2, 0) is 0 Å². The molecule has 0 radical (unpaired) electrons. The zero-order chi connectivity index (χ0) is 16.2. The number of unbranched alkanes of at least 4 members (excludes halogenated alkanes) is 1. The van der Waals surface area contributed by atoms with E-state index in [0.29, 0.717) is 18.5 Å². The SMILES string of the molecule is CCCCOc1cc(NC2CC(C)(C)NC(C)(C)C2)ncn1. The molecule has 0 aromatic carbocycles. The van der Waals surface area contributed by atoms with Gasteiger partial charge < -0.3 is 15.4 Å². The van der Waals surface area contributed by atoms with Crippen LogP contribution in [-0.4, -0.2) is 33.7 Å². The van der Waals surface area contributed by atoms with Crippen LogP contribution in [0.2, 0.25) is 0 Å². The molecule has 0 amide bonds. The Balaban J connectivity index is 1.99. The van der Waals surface area contributed by atoms with E-state index in [1.807, 2.05) is 6.07 Å². The molecule has 2 N–H and O–H groups in total. The van der Waals surface area contributed by atoms with Gasteiger partial charge in [-0.1, -0.05) is 13.3 Å². The topological polar surface area (TPSA) is 59.1 Å². The first-order chi connectivity index (χ1) is 10.3. The van der Waals surface area contributed by atoms with Gasteiger partial charge in [0.25, 0.3) is 0 Å². The lowest BCUT2D eigenvalue weighted by molar-refractivity contribution is 0.170. The summed E-state index contributed by atoms with van der Waals surface area (Å²) in [5.74, 6) is 1.50. The van der Waals surface area contributed by atoms with Crippen molar-refractivity contribution in [1.29, 1.82) is 0 Å². The number of nitrogens with zero attached hydrogens (tertiary/aromatic N) is 2. The zero-order valence-electron chi connectivity index (χ0n) is 14.6. The number of aromatic nitrogens is 2. The maximum absolute atomic E-state index is 5.65. The zero-order valence-corrected chi connectivity index (χ0v) is 14.6. The molecule has 2 heterocycles. The average molecular weight is 306 g/mol. The van der Waals surface area contributed by atoms with Gasteiger partial charge in [-0.3, -0.25) is 0 Å². The molecule has 0 saturated carbocycles. The molecular weight excluding hydrogens is 276 g/mol. The predicted octanol–water partition coefficient (Wildman–Crippen LogP) is 3.38. The Morgan fingerprint density at radius 3 is 2.55 bits per heavy atom. The summed E-state index contributed by atoms with van der Waals surface area (Å²) in [6.07, 6.45) is 5.86. The van der Waals surface area contributed by atoms with Gasteiger partial charge in [0.15, 0.2) is 0 Å². The second kappa shape index (κ2) is 6.82. The van der Waals surface area contributed by atoms with E-state index in [1.54, 1.807) is 6.33 Å². The number of nitrogens with one attached hydrogen (secondary N) is 2. The molecule has 0 unspecified atom stereocenters. The van der Waals surface area contributed by atoms with E-state index in [0.717, 1.165) is 31.5 Å². The summed E-state index contributed by atoms with van der Waals surface area (Å²) < 4.78 is 5.65. The van der Waals surface area contributed by atoms with Crippen molar-refractivity contribution in [3.63, 3.8) is 0 Å². The third-order valence-corrected chi connectivity index (χ3v) is 3.93. The molecule has 2 rings (SSSR count). The number of hydrogen-bond donors (Lipinski definition) is 2. The molecule has 124 valence electrons. The maximum atomic E-state index is 5.65. The van der Waals surface area contributed by atoms with Crippen molar-refractivity contribution >= 4 is 5.82 Å². The highest BCUT2D eigenvalue weighted by Gasteiger charge is 2.37. The van der Waals surface area contributed by atoms with Crippen molar-refractivity contribution in [3.8, 4) is 5.88 Å². The number of rotatable bonds is 6. The molecule has 0 bridgehead atoms. The van der Waals surface area contributed by atoms with Crippen molar-refractivity contribution in [2.45, 2.75) is 77.4 Å². The highest BCUT2D eigenvalue weighted by Crippen LogP contribution is 2.30. The fourth-order valence-corrected chi connectivity index (χ4v) is 3.45. The van der Waals surface area contributed by atoms with Crippen LogP contribution in [0.4, 0.5) is 5.82 Å². The van der Waals surface area contributed by atoms with E-state index in [2.05, 4.69) is 55.2 Å². The van der Waals surface area contributed by atoms with Crippen LogP contribution in [0.1, 0.15) is 60.3 Å². The lowest BCUT2D eigenvalue weighted by Crippen LogP contribution is -2.60. The standard InChI is InChI=1S/C17H30N4O/c1-6-7-8-22-15-9-14(18-12-19-15)20-13-10-16(2,3)21-17(4,5)11-13/h9,12-13,21H,6-8,10-11H2,1-5H3,(H,18,19,20). The van der Waals surface area contributed by atoms with Crippen LogP contribution in [0.5, 0.6) is 5.88 Å². The van der Waals surface area contributed by atoms with E-state index in [-0.39, 0.29) is 11.1 Å². The summed E-state index contributed by atoms with van der Waals surface area (Å²) in [5, 5.41) is 7.25. The monoisotopic (exact) mass is 306 g/mol. The maximum Gasteiger partial charge on any atom is 0.218 e. The van der Waals surface area contributed by atoms with Gasteiger partial charge in [0.2, 0.25) is 5.88 Å². The normalized spacial score (nSPS) is 20.6. The summed E-state index contributed by atoms with van der Waals surface area (Å²) in [6, 6.07) is 2.29. The van der Waals surface area contributed by atoms with Crippen molar-refractivity contribution < 1.29 is 4.74 Å². The van der Waals surface area contributed by atoms with E-state index in [1.165, 1.54) is 0 Å². The van der Waals surface area contributed by atoms with Gasteiger partial charge in [-0.15, -0.1) is 0 Å². The molecule has 0 atom stereocenters. The highest BCUT2D eigenvalue weighted by atomic mass is 16.5. The molecule has 0 spiro atoms. The third-order valence-electron chi connectivity index (χ3n) is 3.93. The second-order valence-electron chi connectivity index (χ2n) is 7.59. The van der Waals surface area contributed by atoms with Crippen molar-refractivity contribution in [3.05, 3.63) is 12.4 Å². The fourth-order valence-electron chi connectivity index (χ4n) is 3.45. The molecule has 1 fully saturated rings. The van der Waals surface area contributed by atoms with Gasteiger partial charge in [0.1, 0.15) is 12.1 Å². The van der Waals surface area contributed by atoms with Crippen LogP contribution in [0.3, 0.4) is 0 Å². The Morgan fingerprint density at radius 1 is 1.23 bits per heavy atom. The van der Waals surface area contributed by atoms with Gasteiger partial charge in [0, 0.05) is 23.2 Å². The largest absolute Gasteiger partial charge is 0.478 e. The predicted molar refractivity (Wildman–Crippen MR) is 90.4 cm³/mol. The summed E-state index contributed by atoms with van der Waals surface area (Å²) in [7, 11) is 0. The molecule has 5 nitrogen and oxygen atoms in total. The van der Waals surface area contributed by atoms with E-state index in [9.17, 15) is 0 Å². The van der Waals surface area contributed by atoms with Gasteiger partial charge in [-0.25, -0.2) is 9.97 Å². The first-order valence-electron chi connectivity index (χ1n) is 8.30. The number of piperidine rings is 1. The van der Waals surface area contributed by atoms with Crippen molar-refractivity contribution in [2.75, 3.05) is 11.9 Å². The molecular formula is C17H30N4O. The summed E-state index contributed by atoms with van der Waals surface area (Å²) >= 11 is 0. The van der Waals surface area contributed by atoms with E-state index < -0.39 is 0 Å². The molecule has 1 aliphatic rings. The lowest BCUT2D eigenvalue weighted by Gasteiger charge is -2.46. The van der Waals surface area contributed by atoms with Crippen LogP contribution in [0, 0.1) is 0 Å². The van der Waals surface area contributed by atoms with Crippen LogP contribution < -0.4 is 15.4 Å². The first kappa shape index (κ1) is 17.0. The Hall–Kier alpha value is -1.36. The van der Waals surface area contributed by atoms with Crippen LogP contribution >= 0.6 is 0 Å². The minimum Gasteiger partial charge on any atom is -0.478 e. The first-order valence-corrected chi connectivity index (χ1v) is 8.30. The Morgan fingerprint density at radius 2 is 1.91 bits per heavy atom. The molecule has 1 aromatic heterocycles. The molecule has 22 heavy (non-hydrogen) atoms. The van der Waals surface area contributed by atoms with Gasteiger partial charge >= 0.3 is 0 Å².